The second kappa shape index (κ2) is 6.13. The minimum absolute atomic E-state index is 0.0703. The monoisotopic (exact) mass is 286 g/mol. The van der Waals surface area contributed by atoms with Gasteiger partial charge in [0.1, 0.15) is 0 Å². The summed E-state index contributed by atoms with van der Waals surface area (Å²) in [6.07, 6.45) is 8.54. The molecular formula is C19H26O2. The molecular weight excluding hydrogens is 260 g/mol. The maximum Gasteiger partial charge on any atom is 0.163 e. The van der Waals surface area contributed by atoms with E-state index in [9.17, 15) is 9.59 Å². The van der Waals surface area contributed by atoms with Crippen molar-refractivity contribution in [1.82, 2.24) is 0 Å². The fourth-order valence-corrected chi connectivity index (χ4v) is 3.69. The predicted molar refractivity (Wildman–Crippen MR) is 86.0 cm³/mol. The van der Waals surface area contributed by atoms with Gasteiger partial charge in [0.05, 0.1) is 0 Å². The van der Waals surface area contributed by atoms with Crippen molar-refractivity contribution < 1.29 is 9.59 Å². The van der Waals surface area contributed by atoms with Crippen molar-refractivity contribution in [3.8, 4) is 0 Å². The Morgan fingerprint density at radius 1 is 1.19 bits per heavy atom. The van der Waals surface area contributed by atoms with Gasteiger partial charge in [0.25, 0.3) is 0 Å². The molecule has 21 heavy (non-hydrogen) atoms. The summed E-state index contributed by atoms with van der Waals surface area (Å²) in [5.41, 5.74) is 2.77. The summed E-state index contributed by atoms with van der Waals surface area (Å²) >= 11 is 0. The Kier molecular flexibility index (Phi) is 4.65. The lowest BCUT2D eigenvalue weighted by molar-refractivity contribution is -0.116. The number of carbonyl (C=O) groups is 2. The normalized spacial score (nSPS) is 27.4. The first-order valence-corrected chi connectivity index (χ1v) is 7.91. The van der Waals surface area contributed by atoms with Gasteiger partial charge in [-0.25, -0.2) is 0 Å². The average molecular weight is 286 g/mol. The molecule has 2 nitrogen and oxygen atoms in total. The topological polar surface area (TPSA) is 34.1 Å². The fraction of sp³-hybridized carbons (Fsp3) is 0.579. The predicted octanol–water partition coefficient (Wildman–Crippen LogP) is 4.56. The molecule has 0 spiro atoms. The molecule has 2 bridgehead atoms. The Hall–Kier alpha value is -1.44. The van der Waals surface area contributed by atoms with Gasteiger partial charge in [-0.3, -0.25) is 9.59 Å². The summed E-state index contributed by atoms with van der Waals surface area (Å²) in [4.78, 5) is 24.5. The second-order valence-corrected chi connectivity index (χ2v) is 7.14. The van der Waals surface area contributed by atoms with E-state index in [0.29, 0.717) is 18.8 Å². The van der Waals surface area contributed by atoms with E-state index in [0.717, 1.165) is 42.4 Å². The molecule has 2 aliphatic carbocycles. The highest BCUT2D eigenvalue weighted by molar-refractivity contribution is 5.99. The van der Waals surface area contributed by atoms with Gasteiger partial charge in [-0.2, -0.15) is 0 Å². The van der Waals surface area contributed by atoms with Gasteiger partial charge in [0.2, 0.25) is 0 Å². The van der Waals surface area contributed by atoms with Gasteiger partial charge in [-0.1, -0.05) is 37.6 Å². The van der Waals surface area contributed by atoms with E-state index < -0.39 is 0 Å². The molecule has 0 aromatic rings. The van der Waals surface area contributed by atoms with Crippen molar-refractivity contribution in [2.45, 2.75) is 59.3 Å². The van der Waals surface area contributed by atoms with E-state index in [2.05, 4.69) is 26.5 Å². The Labute approximate surface area is 128 Å². The Bertz CT molecular complexity index is 532. The van der Waals surface area contributed by atoms with E-state index in [1.165, 1.54) is 0 Å². The summed E-state index contributed by atoms with van der Waals surface area (Å²) in [5, 5.41) is 0. The van der Waals surface area contributed by atoms with Crippen molar-refractivity contribution in [3.63, 3.8) is 0 Å². The van der Waals surface area contributed by atoms with Crippen LogP contribution in [-0.4, -0.2) is 11.6 Å². The van der Waals surface area contributed by atoms with Crippen LogP contribution in [0.1, 0.15) is 59.3 Å². The molecule has 1 unspecified atom stereocenters. The molecule has 0 saturated carbocycles. The van der Waals surface area contributed by atoms with Crippen molar-refractivity contribution in [3.05, 3.63) is 35.5 Å². The van der Waals surface area contributed by atoms with Crippen LogP contribution in [0.15, 0.2) is 35.5 Å². The zero-order valence-corrected chi connectivity index (χ0v) is 13.5. The van der Waals surface area contributed by atoms with Gasteiger partial charge < -0.3 is 0 Å². The number of rotatable bonds is 0. The van der Waals surface area contributed by atoms with E-state index in [4.69, 9.17) is 0 Å². The summed E-state index contributed by atoms with van der Waals surface area (Å²) in [6.45, 7) is 10.3. The summed E-state index contributed by atoms with van der Waals surface area (Å²) in [5.74, 6) is 0.756. The van der Waals surface area contributed by atoms with Crippen molar-refractivity contribution >= 4 is 11.6 Å². The van der Waals surface area contributed by atoms with Crippen LogP contribution >= 0.6 is 0 Å². The Morgan fingerprint density at radius 3 is 2.62 bits per heavy atom. The van der Waals surface area contributed by atoms with E-state index >= 15 is 0 Å². The number of ketones is 2. The maximum atomic E-state index is 12.6. The molecule has 0 aliphatic heterocycles. The summed E-state index contributed by atoms with van der Waals surface area (Å²) in [6, 6.07) is 0. The van der Waals surface area contributed by atoms with Crippen LogP contribution < -0.4 is 0 Å². The standard InChI is InChI=1S/C19H26O2/c1-13-8-9-15-6-5-7-17(19(15,3)4)18(21)12-14(2)11-16(20)10-13/h7,11,15H,1,5-6,8-10,12H2,2-4H3. The second-order valence-electron chi connectivity index (χ2n) is 7.14. The molecule has 0 amide bonds. The number of hydrogen-bond acceptors (Lipinski definition) is 2. The third-order valence-corrected chi connectivity index (χ3v) is 5.00. The molecule has 0 fully saturated rings. The first-order valence-electron chi connectivity index (χ1n) is 7.91. The van der Waals surface area contributed by atoms with Gasteiger partial charge in [0.15, 0.2) is 11.6 Å². The van der Waals surface area contributed by atoms with Crippen LogP contribution in [0, 0.1) is 11.3 Å². The van der Waals surface area contributed by atoms with Crippen LogP contribution in [0.2, 0.25) is 0 Å². The van der Waals surface area contributed by atoms with Crippen molar-refractivity contribution in [2.24, 2.45) is 11.3 Å². The molecule has 0 aromatic carbocycles. The molecule has 0 aromatic heterocycles. The van der Waals surface area contributed by atoms with Crippen molar-refractivity contribution in [2.75, 3.05) is 0 Å². The molecule has 2 aliphatic rings. The minimum atomic E-state index is -0.0703. The quantitative estimate of drug-likeness (QED) is 0.612. The lowest BCUT2D eigenvalue weighted by atomic mass is 9.64. The zero-order chi connectivity index (χ0) is 15.6. The molecule has 0 heterocycles. The third-order valence-electron chi connectivity index (χ3n) is 5.00. The van der Waals surface area contributed by atoms with E-state index in [1.807, 2.05) is 6.92 Å². The fourth-order valence-electron chi connectivity index (χ4n) is 3.69. The molecule has 0 saturated heterocycles. The summed E-state index contributed by atoms with van der Waals surface area (Å²) in [7, 11) is 0. The number of hydrogen-bond donors (Lipinski definition) is 0. The van der Waals surface area contributed by atoms with Gasteiger partial charge in [-0.05, 0) is 55.6 Å². The maximum absolute atomic E-state index is 12.6. The molecule has 114 valence electrons. The first kappa shape index (κ1) is 15.9. The number of allylic oxidation sites excluding steroid dienone is 5. The smallest absolute Gasteiger partial charge is 0.163 e. The van der Waals surface area contributed by atoms with Crippen LogP contribution in [-0.2, 0) is 9.59 Å². The zero-order valence-electron chi connectivity index (χ0n) is 13.5. The minimum Gasteiger partial charge on any atom is -0.295 e. The molecule has 2 heteroatoms. The SMILES string of the molecule is C=C1CCC2CCC=C(C(=O)CC(C)=CC(=O)C1)C2(C)C. The highest BCUT2D eigenvalue weighted by Gasteiger charge is 2.38. The highest BCUT2D eigenvalue weighted by Crippen LogP contribution is 2.45. The Balaban J connectivity index is 2.36. The molecule has 0 radical (unpaired) electrons. The van der Waals surface area contributed by atoms with E-state index in [-0.39, 0.29) is 17.0 Å². The van der Waals surface area contributed by atoms with Crippen LogP contribution in [0.3, 0.4) is 0 Å². The van der Waals surface area contributed by atoms with Gasteiger partial charge in [-0.15, -0.1) is 0 Å². The largest absolute Gasteiger partial charge is 0.295 e. The average Bonchev–Trinajstić information content (AvgIpc) is 2.34. The van der Waals surface area contributed by atoms with E-state index in [1.54, 1.807) is 6.08 Å². The molecule has 1 atom stereocenters. The third kappa shape index (κ3) is 3.61. The highest BCUT2D eigenvalue weighted by atomic mass is 16.1. The van der Waals surface area contributed by atoms with Crippen molar-refractivity contribution in [1.29, 1.82) is 0 Å². The lowest BCUT2D eigenvalue weighted by Gasteiger charge is -2.40. The lowest BCUT2D eigenvalue weighted by Crippen LogP contribution is -2.33. The summed E-state index contributed by atoms with van der Waals surface area (Å²) < 4.78 is 0. The number of fused-ring (bicyclic) bond motifs is 2. The number of carbonyl (C=O) groups excluding carboxylic acids is 2. The van der Waals surface area contributed by atoms with Gasteiger partial charge >= 0.3 is 0 Å². The van der Waals surface area contributed by atoms with Crippen LogP contribution in [0.25, 0.3) is 0 Å². The van der Waals surface area contributed by atoms with Gasteiger partial charge in [0, 0.05) is 12.8 Å². The number of Topliss-reactive ketones (excluding diaryl/α,β-unsaturated/α-hetero) is 1. The molecule has 2 rings (SSSR count). The Morgan fingerprint density at radius 2 is 1.90 bits per heavy atom. The van der Waals surface area contributed by atoms with Crippen LogP contribution in [0.4, 0.5) is 0 Å². The molecule has 0 N–H and O–H groups in total. The first-order chi connectivity index (χ1) is 9.80. The van der Waals surface area contributed by atoms with Crippen LogP contribution in [0.5, 0.6) is 0 Å².